The van der Waals surface area contributed by atoms with Crippen molar-refractivity contribution >= 4 is 33.1 Å². The van der Waals surface area contributed by atoms with Crippen LogP contribution in [0.15, 0.2) is 18.3 Å². The van der Waals surface area contributed by atoms with E-state index in [1.54, 1.807) is 0 Å². The Bertz CT molecular complexity index is 344. The maximum atomic E-state index is 4.49. The molecular formula is C10H17NP4. The molecule has 0 radical (unpaired) electrons. The summed E-state index contributed by atoms with van der Waals surface area (Å²) in [6, 6.07) is 4.32. The minimum Gasteiger partial charge on any atom is -0.261 e. The van der Waals surface area contributed by atoms with Gasteiger partial charge < -0.3 is 0 Å². The normalized spacial score (nSPS) is 27.9. The largest absolute Gasteiger partial charge is 0.261 e. The van der Waals surface area contributed by atoms with E-state index in [0.717, 1.165) is 19.5 Å². The van der Waals surface area contributed by atoms with Gasteiger partial charge >= 0.3 is 0 Å². The van der Waals surface area contributed by atoms with Crippen LogP contribution in [-0.2, 0) is 12.8 Å². The monoisotopic (exact) mass is 275 g/mol. The van der Waals surface area contributed by atoms with Gasteiger partial charge in [0.25, 0.3) is 0 Å². The quantitative estimate of drug-likeness (QED) is 0.747. The molecule has 6 atom stereocenters. The maximum absolute atomic E-state index is 4.49. The van der Waals surface area contributed by atoms with Crippen molar-refractivity contribution in [3.63, 3.8) is 0 Å². The average molecular weight is 275 g/mol. The van der Waals surface area contributed by atoms with Gasteiger partial charge in [-0.2, -0.15) is 0 Å². The number of nitrogens with zero attached hydrogens (tertiary/aromatic N) is 1. The molecule has 1 aromatic rings. The summed E-state index contributed by atoms with van der Waals surface area (Å²) in [5.74, 6) is 0.795. The molecular weight excluding hydrogens is 258 g/mol. The third-order valence-electron chi connectivity index (χ3n) is 3.09. The molecule has 0 N–H and O–H groups in total. The van der Waals surface area contributed by atoms with Crippen molar-refractivity contribution in [3.05, 3.63) is 29.6 Å². The van der Waals surface area contributed by atoms with Gasteiger partial charge in [-0.05, 0) is 36.0 Å². The van der Waals surface area contributed by atoms with Gasteiger partial charge in [-0.25, -0.2) is 0 Å². The lowest BCUT2D eigenvalue weighted by Crippen LogP contribution is -2.25. The zero-order valence-electron chi connectivity index (χ0n) is 8.85. The Morgan fingerprint density at radius 1 is 1.53 bits per heavy atom. The standard InChI is InChI=1S/C10H17NP4/c1-7-5-9-8(3-2-4-11-9)6-10(7)15(13)14-12/h2-4,7,10,14H,5-6,12-13H2,1H3/t7-,10-,15?/m0/s1. The van der Waals surface area contributed by atoms with Crippen LogP contribution in [0.1, 0.15) is 18.2 Å². The fourth-order valence-electron chi connectivity index (χ4n) is 2.18. The average Bonchev–Trinajstić information content (AvgIpc) is 2.27. The van der Waals surface area contributed by atoms with Gasteiger partial charge in [-0.15, -0.1) is 17.9 Å². The molecule has 82 valence electrons. The minimum atomic E-state index is 0.119. The summed E-state index contributed by atoms with van der Waals surface area (Å²) in [6.45, 7) is 2.38. The Labute approximate surface area is 99.2 Å². The van der Waals surface area contributed by atoms with Gasteiger partial charge in [0.05, 0.1) is 0 Å². The zero-order chi connectivity index (χ0) is 10.8. The van der Waals surface area contributed by atoms with Crippen LogP contribution in [0.5, 0.6) is 0 Å². The van der Waals surface area contributed by atoms with E-state index in [9.17, 15) is 0 Å². The second-order valence-electron chi connectivity index (χ2n) is 4.10. The summed E-state index contributed by atoms with van der Waals surface area (Å²) in [5, 5.41) is 0. The molecule has 1 aliphatic carbocycles. The molecule has 0 fully saturated rings. The molecule has 1 heterocycles. The van der Waals surface area contributed by atoms with Crippen LogP contribution in [0.4, 0.5) is 0 Å². The van der Waals surface area contributed by atoms with Crippen molar-refractivity contribution in [2.75, 3.05) is 0 Å². The first-order valence-corrected chi connectivity index (χ1v) is 11.8. The molecule has 0 aromatic carbocycles. The van der Waals surface area contributed by atoms with Crippen LogP contribution < -0.4 is 0 Å². The maximum Gasteiger partial charge on any atom is 0.0438 e. The molecule has 0 bridgehead atoms. The van der Waals surface area contributed by atoms with Crippen molar-refractivity contribution in [1.29, 1.82) is 0 Å². The number of rotatable bonds is 2. The summed E-state index contributed by atoms with van der Waals surface area (Å²) < 4.78 is 0. The first kappa shape index (κ1) is 12.3. The fourth-order valence-corrected chi connectivity index (χ4v) is 7.95. The predicted octanol–water partition coefficient (Wildman–Crippen LogP) is 3.84. The SMILES string of the molecule is C[C@H]1Cc2ncccc2C[C@@H]1P(P)PP. The smallest absolute Gasteiger partial charge is 0.0438 e. The van der Waals surface area contributed by atoms with Crippen molar-refractivity contribution < 1.29 is 0 Å². The van der Waals surface area contributed by atoms with E-state index in [0.29, 0.717) is 0 Å². The highest BCUT2D eigenvalue weighted by atomic mass is 32.6. The topological polar surface area (TPSA) is 12.9 Å². The summed E-state index contributed by atoms with van der Waals surface area (Å²) in [4.78, 5) is 4.49. The number of hydrogen-bond acceptors (Lipinski definition) is 1. The summed E-state index contributed by atoms with van der Waals surface area (Å²) >= 11 is 0. The number of pyridine rings is 1. The Kier molecular flexibility index (Phi) is 4.50. The molecule has 1 nitrogen and oxygen atoms in total. The molecule has 5 heteroatoms. The van der Waals surface area contributed by atoms with Crippen LogP contribution in [0, 0.1) is 5.92 Å². The lowest BCUT2D eigenvalue weighted by atomic mass is 9.88. The van der Waals surface area contributed by atoms with Crippen LogP contribution in [-0.4, -0.2) is 10.6 Å². The lowest BCUT2D eigenvalue weighted by molar-refractivity contribution is 0.505. The van der Waals surface area contributed by atoms with E-state index in [1.165, 1.54) is 24.1 Å². The number of aromatic nitrogens is 1. The lowest BCUT2D eigenvalue weighted by Gasteiger charge is -2.33. The van der Waals surface area contributed by atoms with Gasteiger partial charge in [0.2, 0.25) is 0 Å². The highest BCUT2D eigenvalue weighted by Crippen LogP contribution is 2.71. The van der Waals surface area contributed by atoms with Crippen molar-refractivity contribution in [2.45, 2.75) is 25.4 Å². The number of fused-ring (bicyclic) bond motifs is 1. The van der Waals surface area contributed by atoms with Gasteiger partial charge in [-0.1, -0.05) is 28.2 Å². The van der Waals surface area contributed by atoms with E-state index in [4.69, 9.17) is 0 Å². The fraction of sp³-hybridized carbons (Fsp3) is 0.500. The molecule has 0 aliphatic heterocycles. The summed E-state index contributed by atoms with van der Waals surface area (Å²) in [5.41, 5.74) is 3.69. The van der Waals surface area contributed by atoms with E-state index < -0.39 is 0 Å². The Hall–Kier alpha value is 0.870. The molecule has 1 aromatic heterocycles. The van der Waals surface area contributed by atoms with Gasteiger partial charge in [0.1, 0.15) is 0 Å². The molecule has 0 saturated carbocycles. The van der Waals surface area contributed by atoms with E-state index in [1.807, 2.05) is 6.20 Å². The highest BCUT2D eigenvalue weighted by molar-refractivity contribution is 8.61. The highest BCUT2D eigenvalue weighted by Gasteiger charge is 2.29. The van der Waals surface area contributed by atoms with E-state index in [2.05, 4.69) is 41.9 Å². The molecule has 2 rings (SSSR count). The molecule has 0 spiro atoms. The van der Waals surface area contributed by atoms with Gasteiger partial charge in [0.15, 0.2) is 0 Å². The van der Waals surface area contributed by atoms with Crippen LogP contribution >= 0.6 is 33.1 Å². The van der Waals surface area contributed by atoms with Crippen molar-refractivity contribution in [2.24, 2.45) is 5.92 Å². The minimum absolute atomic E-state index is 0.119. The molecule has 0 saturated heterocycles. The van der Waals surface area contributed by atoms with Crippen molar-refractivity contribution in [1.82, 2.24) is 4.98 Å². The third-order valence-corrected chi connectivity index (χ3v) is 14.5. The van der Waals surface area contributed by atoms with E-state index >= 15 is 0 Å². The zero-order valence-corrected chi connectivity index (χ0v) is 13.1. The first-order chi connectivity index (χ1) is 7.22. The van der Waals surface area contributed by atoms with Gasteiger partial charge in [-0.3, -0.25) is 4.98 Å². The first-order valence-electron chi connectivity index (χ1n) is 5.15. The Morgan fingerprint density at radius 3 is 3.07 bits per heavy atom. The Morgan fingerprint density at radius 2 is 2.33 bits per heavy atom. The Balaban J connectivity index is 2.22. The molecule has 0 amide bonds. The predicted molar refractivity (Wildman–Crippen MR) is 79.3 cm³/mol. The second-order valence-corrected chi connectivity index (χ2v) is 13.7. The summed E-state index contributed by atoms with van der Waals surface area (Å²) in [7, 11) is 7.12. The van der Waals surface area contributed by atoms with Gasteiger partial charge in [0, 0.05) is 11.9 Å². The van der Waals surface area contributed by atoms with Crippen LogP contribution in [0.25, 0.3) is 0 Å². The van der Waals surface area contributed by atoms with Crippen LogP contribution in [0.3, 0.4) is 0 Å². The number of hydrogen-bond donors (Lipinski definition) is 0. The third kappa shape index (κ3) is 2.76. The van der Waals surface area contributed by atoms with E-state index in [-0.39, 0.29) is 7.30 Å². The molecule has 1 aliphatic rings. The molecule has 15 heavy (non-hydrogen) atoms. The van der Waals surface area contributed by atoms with Crippen LogP contribution in [0.2, 0.25) is 0 Å². The second kappa shape index (κ2) is 5.47. The van der Waals surface area contributed by atoms with Crippen molar-refractivity contribution in [3.8, 4) is 0 Å². The summed E-state index contributed by atoms with van der Waals surface area (Å²) in [6.07, 6.45) is 4.33. The molecule has 4 unspecified atom stereocenters.